The van der Waals surface area contributed by atoms with Gasteiger partial charge in [0.05, 0.1) is 12.0 Å². The number of nitrogens with one attached hydrogen (secondary N) is 2. The third-order valence-electron chi connectivity index (χ3n) is 2.84. The predicted octanol–water partition coefficient (Wildman–Crippen LogP) is 3.92. The highest BCUT2D eigenvalue weighted by Gasteiger charge is 2.16. The summed E-state index contributed by atoms with van der Waals surface area (Å²) in [5, 5.41) is 9.38. The van der Waals surface area contributed by atoms with Crippen LogP contribution in [0, 0.1) is 16.0 Å². The molecule has 4 nitrogen and oxygen atoms in total. The zero-order valence-corrected chi connectivity index (χ0v) is 12.0. The maximum atomic E-state index is 9.38. The van der Waals surface area contributed by atoms with E-state index in [1.807, 2.05) is 24.3 Å². The van der Waals surface area contributed by atoms with Crippen molar-refractivity contribution in [2.45, 2.75) is 0 Å². The van der Waals surface area contributed by atoms with Gasteiger partial charge in [0.2, 0.25) is 0 Å². The average molecular weight is 331 g/mol. The first-order valence-electron chi connectivity index (χ1n) is 5.46. The first kappa shape index (κ1) is 12.1. The number of H-pyrrole nitrogens is 2. The maximum absolute atomic E-state index is 9.38. The summed E-state index contributed by atoms with van der Waals surface area (Å²) in [5.74, 6) is 0. The van der Waals surface area contributed by atoms with Crippen LogP contribution in [0.15, 0.2) is 35.1 Å². The van der Waals surface area contributed by atoms with Gasteiger partial charge in [0.15, 0.2) is 0 Å². The van der Waals surface area contributed by atoms with E-state index in [4.69, 9.17) is 12.2 Å². The highest BCUT2D eigenvalue weighted by Crippen LogP contribution is 2.33. The molecule has 0 fully saturated rings. The van der Waals surface area contributed by atoms with Crippen molar-refractivity contribution >= 4 is 39.2 Å². The Hall–Kier alpha value is -1.97. The zero-order chi connectivity index (χ0) is 13.4. The lowest BCUT2D eigenvalue weighted by Gasteiger charge is -2.01. The Morgan fingerprint density at radius 1 is 1.32 bits per heavy atom. The number of nitriles is 1. The standard InChI is InChI=1S/C13H7BrN4S/c14-9-4-2-1-3-7(9)10-8(5-15)11-12(18-10)13(19)17-6-16-11/h1-4,6,18H,(H,16,17,19). The number of nitrogens with zero attached hydrogens (tertiary/aromatic N) is 2. The molecule has 0 radical (unpaired) electrons. The number of aromatic nitrogens is 3. The van der Waals surface area contributed by atoms with Gasteiger partial charge in [0.25, 0.3) is 0 Å². The van der Waals surface area contributed by atoms with Crippen molar-refractivity contribution in [3.63, 3.8) is 0 Å². The molecule has 0 spiro atoms. The van der Waals surface area contributed by atoms with E-state index < -0.39 is 0 Å². The van der Waals surface area contributed by atoms with Crippen molar-refractivity contribution < 1.29 is 0 Å². The number of rotatable bonds is 1. The molecule has 0 bridgehead atoms. The van der Waals surface area contributed by atoms with E-state index in [2.05, 4.69) is 37.0 Å². The molecule has 0 aliphatic rings. The van der Waals surface area contributed by atoms with Gasteiger partial charge in [0, 0.05) is 10.0 Å². The van der Waals surface area contributed by atoms with E-state index in [9.17, 15) is 5.26 Å². The molecule has 19 heavy (non-hydrogen) atoms. The summed E-state index contributed by atoms with van der Waals surface area (Å²) in [4.78, 5) is 10.2. The molecule has 2 aromatic heterocycles. The number of hydrogen-bond donors (Lipinski definition) is 2. The Balaban J connectivity index is 2.44. The van der Waals surface area contributed by atoms with Crippen LogP contribution in [-0.4, -0.2) is 15.0 Å². The fourth-order valence-electron chi connectivity index (χ4n) is 1.99. The van der Waals surface area contributed by atoms with Crippen molar-refractivity contribution in [2.24, 2.45) is 0 Å². The van der Waals surface area contributed by atoms with Crippen LogP contribution < -0.4 is 0 Å². The maximum Gasteiger partial charge on any atom is 0.130 e. The molecule has 0 unspecified atom stereocenters. The second-order valence-corrected chi connectivity index (χ2v) is 5.18. The van der Waals surface area contributed by atoms with Crippen molar-refractivity contribution in [2.75, 3.05) is 0 Å². The molecular weight excluding hydrogens is 324 g/mol. The molecule has 6 heteroatoms. The average Bonchev–Trinajstić information content (AvgIpc) is 2.79. The molecule has 0 amide bonds. The van der Waals surface area contributed by atoms with Crippen molar-refractivity contribution in [1.82, 2.24) is 15.0 Å². The van der Waals surface area contributed by atoms with Gasteiger partial charge >= 0.3 is 0 Å². The van der Waals surface area contributed by atoms with Gasteiger partial charge in [-0.2, -0.15) is 5.26 Å². The SMILES string of the molecule is N#Cc1c(-c2ccccc2Br)[nH]c2c(=S)[nH]cnc12. The van der Waals surface area contributed by atoms with E-state index >= 15 is 0 Å². The summed E-state index contributed by atoms with van der Waals surface area (Å²) in [6.07, 6.45) is 1.50. The quantitative estimate of drug-likeness (QED) is 0.664. The first-order chi connectivity index (χ1) is 9.22. The lowest BCUT2D eigenvalue weighted by atomic mass is 10.1. The summed E-state index contributed by atoms with van der Waals surface area (Å²) in [7, 11) is 0. The molecule has 0 saturated carbocycles. The van der Waals surface area contributed by atoms with Crippen LogP contribution in [0.4, 0.5) is 0 Å². The molecule has 92 valence electrons. The normalized spacial score (nSPS) is 10.5. The molecule has 0 saturated heterocycles. The molecule has 0 atom stereocenters. The van der Waals surface area contributed by atoms with E-state index in [1.165, 1.54) is 6.33 Å². The van der Waals surface area contributed by atoms with Gasteiger partial charge < -0.3 is 9.97 Å². The minimum absolute atomic E-state index is 0.502. The zero-order valence-electron chi connectivity index (χ0n) is 9.57. The third-order valence-corrected chi connectivity index (χ3v) is 3.86. The van der Waals surface area contributed by atoms with E-state index in [0.717, 1.165) is 15.7 Å². The third kappa shape index (κ3) is 1.87. The smallest absolute Gasteiger partial charge is 0.130 e. The Labute approximate surface area is 122 Å². The van der Waals surface area contributed by atoms with Gasteiger partial charge in [0.1, 0.15) is 27.3 Å². The molecular formula is C13H7BrN4S. The van der Waals surface area contributed by atoms with Crippen molar-refractivity contribution in [3.8, 4) is 17.3 Å². The number of fused-ring (bicyclic) bond motifs is 1. The van der Waals surface area contributed by atoms with Crippen LogP contribution in [0.1, 0.15) is 5.56 Å². The first-order valence-corrected chi connectivity index (χ1v) is 6.67. The highest BCUT2D eigenvalue weighted by atomic mass is 79.9. The van der Waals surface area contributed by atoms with Crippen LogP contribution in [0.3, 0.4) is 0 Å². The minimum atomic E-state index is 0.502. The van der Waals surface area contributed by atoms with Gasteiger partial charge in [-0.15, -0.1) is 0 Å². The number of hydrogen-bond acceptors (Lipinski definition) is 3. The second-order valence-electron chi connectivity index (χ2n) is 3.92. The summed E-state index contributed by atoms with van der Waals surface area (Å²) < 4.78 is 1.45. The second kappa shape index (κ2) is 4.61. The van der Waals surface area contributed by atoms with Crippen LogP contribution in [0.25, 0.3) is 22.3 Å². The lowest BCUT2D eigenvalue weighted by Crippen LogP contribution is -1.83. The van der Waals surface area contributed by atoms with Gasteiger partial charge in [-0.05, 0) is 6.07 Å². The molecule has 1 aromatic carbocycles. The summed E-state index contributed by atoms with van der Waals surface area (Å²) in [6.45, 7) is 0. The van der Waals surface area contributed by atoms with Gasteiger partial charge in [-0.25, -0.2) is 4.98 Å². The minimum Gasteiger partial charge on any atom is -0.350 e. The molecule has 3 rings (SSSR count). The van der Waals surface area contributed by atoms with Crippen molar-refractivity contribution in [3.05, 3.63) is 45.3 Å². The summed E-state index contributed by atoms with van der Waals surface area (Å²) in [5.41, 5.74) is 3.41. The fraction of sp³-hybridized carbons (Fsp3) is 0. The Kier molecular flexibility index (Phi) is 2.93. The van der Waals surface area contributed by atoms with Gasteiger partial charge in [-0.1, -0.05) is 46.3 Å². The Bertz CT molecular complexity index is 872. The van der Waals surface area contributed by atoms with Crippen LogP contribution >= 0.6 is 28.1 Å². The van der Waals surface area contributed by atoms with Crippen molar-refractivity contribution in [1.29, 1.82) is 5.26 Å². The van der Waals surface area contributed by atoms with Crippen LogP contribution in [-0.2, 0) is 0 Å². The van der Waals surface area contributed by atoms with Crippen LogP contribution in [0.5, 0.6) is 0 Å². The molecule has 3 aromatic rings. The number of aromatic amines is 2. The van der Waals surface area contributed by atoms with Gasteiger partial charge in [-0.3, -0.25) is 0 Å². The monoisotopic (exact) mass is 330 g/mol. The van der Waals surface area contributed by atoms with E-state index in [0.29, 0.717) is 21.2 Å². The molecule has 2 heterocycles. The largest absolute Gasteiger partial charge is 0.350 e. The predicted molar refractivity (Wildman–Crippen MR) is 79.1 cm³/mol. The summed E-state index contributed by atoms with van der Waals surface area (Å²) >= 11 is 8.70. The van der Waals surface area contributed by atoms with E-state index in [-0.39, 0.29) is 0 Å². The Morgan fingerprint density at radius 3 is 2.84 bits per heavy atom. The van der Waals surface area contributed by atoms with Crippen LogP contribution in [0.2, 0.25) is 0 Å². The summed E-state index contributed by atoms with van der Waals surface area (Å²) in [6, 6.07) is 9.90. The molecule has 0 aliphatic heterocycles. The fourth-order valence-corrected chi connectivity index (χ4v) is 2.67. The molecule has 0 aliphatic carbocycles. The Morgan fingerprint density at radius 2 is 2.11 bits per heavy atom. The van der Waals surface area contributed by atoms with E-state index in [1.54, 1.807) is 0 Å². The number of halogens is 1. The molecule has 2 N–H and O–H groups in total. The highest BCUT2D eigenvalue weighted by molar-refractivity contribution is 9.10. The lowest BCUT2D eigenvalue weighted by molar-refractivity contribution is 1.20. The topological polar surface area (TPSA) is 68.3 Å². The number of benzene rings is 1.